The maximum Gasteiger partial charge on any atom is 0.335 e. The van der Waals surface area contributed by atoms with Crippen LogP contribution < -0.4 is 0 Å². The predicted octanol–water partition coefficient (Wildman–Crippen LogP) is 6.00. The van der Waals surface area contributed by atoms with Gasteiger partial charge in [-0.1, -0.05) is 50.0 Å². The van der Waals surface area contributed by atoms with Crippen LogP contribution in [-0.2, 0) is 14.3 Å². The second-order valence-electron chi connectivity index (χ2n) is 11.0. The van der Waals surface area contributed by atoms with E-state index >= 15 is 0 Å². The summed E-state index contributed by atoms with van der Waals surface area (Å²) < 4.78 is 12.2. The van der Waals surface area contributed by atoms with Crippen LogP contribution in [0.3, 0.4) is 0 Å². The fourth-order valence-electron chi connectivity index (χ4n) is 7.18. The predicted molar refractivity (Wildman–Crippen MR) is 128 cm³/mol. The summed E-state index contributed by atoms with van der Waals surface area (Å²) in [5.41, 5.74) is 3.14. The van der Waals surface area contributed by atoms with Gasteiger partial charge in [-0.3, -0.25) is 4.90 Å². The molecule has 6 heteroatoms. The molecule has 4 aliphatic rings. The van der Waals surface area contributed by atoms with Crippen molar-refractivity contribution >= 4 is 34.7 Å². The number of likely N-dealkylation sites (N-methyl/N-ethyl adjacent to an activating group) is 1. The fourth-order valence-corrected chi connectivity index (χ4v) is 7.48. The lowest BCUT2D eigenvalue weighted by molar-refractivity contribution is -0.138. The summed E-state index contributed by atoms with van der Waals surface area (Å²) in [4.78, 5) is 15.4. The van der Waals surface area contributed by atoms with Crippen molar-refractivity contribution in [1.29, 1.82) is 0 Å². The molecule has 174 valence electrons. The van der Waals surface area contributed by atoms with Crippen LogP contribution in [0.1, 0.15) is 58.4 Å². The number of esters is 1. The number of carbonyl (C=O) groups is 1. The Bertz CT molecular complexity index is 989. The van der Waals surface area contributed by atoms with Crippen molar-refractivity contribution < 1.29 is 14.3 Å². The molecule has 2 heterocycles. The molecule has 0 aromatic heterocycles. The van der Waals surface area contributed by atoms with Crippen LogP contribution in [0.4, 0.5) is 0 Å². The summed E-state index contributed by atoms with van der Waals surface area (Å²) in [6.45, 7) is 7.23. The van der Waals surface area contributed by atoms with Crippen molar-refractivity contribution in [2.24, 2.45) is 16.7 Å². The average molecular weight is 478 g/mol. The molecule has 4 bridgehead atoms. The number of carbonyl (C=O) groups excluding carboxylic acids is 1. The van der Waals surface area contributed by atoms with Crippen molar-refractivity contribution in [3.63, 3.8) is 0 Å². The molecule has 0 radical (unpaired) electrons. The molecular weight excluding hydrogens is 445 g/mol. The summed E-state index contributed by atoms with van der Waals surface area (Å²) in [5, 5.41) is 1.01. The zero-order chi connectivity index (χ0) is 23.0. The van der Waals surface area contributed by atoms with E-state index in [1.165, 1.54) is 20.0 Å². The van der Waals surface area contributed by atoms with Gasteiger partial charge in [-0.05, 0) is 79.2 Å². The molecule has 1 saturated heterocycles. The first kappa shape index (κ1) is 22.7. The van der Waals surface area contributed by atoms with Crippen molar-refractivity contribution in [2.45, 2.75) is 77.2 Å². The van der Waals surface area contributed by atoms with Crippen LogP contribution >= 0.6 is 23.2 Å². The van der Waals surface area contributed by atoms with E-state index in [9.17, 15) is 4.79 Å². The largest absolute Gasteiger partial charge is 0.466 e. The lowest BCUT2D eigenvalue weighted by Crippen LogP contribution is -2.46. The quantitative estimate of drug-likeness (QED) is 0.498. The topological polar surface area (TPSA) is 38.8 Å². The highest BCUT2D eigenvalue weighted by molar-refractivity contribution is 6.42. The second-order valence-corrected chi connectivity index (χ2v) is 11.8. The molecular formula is C26H33Cl2NO3. The van der Waals surface area contributed by atoms with Crippen LogP contribution in [0, 0.1) is 16.7 Å². The normalized spacial score (nSPS) is 37.9. The molecule has 2 saturated carbocycles. The Labute approximate surface area is 201 Å². The van der Waals surface area contributed by atoms with Gasteiger partial charge >= 0.3 is 5.97 Å². The summed E-state index contributed by atoms with van der Waals surface area (Å²) >= 11 is 12.5. The fraction of sp³-hybridized carbons (Fsp3) is 0.654. The van der Waals surface area contributed by atoms with E-state index in [2.05, 4.69) is 32.7 Å². The van der Waals surface area contributed by atoms with E-state index < -0.39 is 0 Å². The zero-order valence-electron chi connectivity index (χ0n) is 19.6. The highest BCUT2D eigenvalue weighted by Gasteiger charge is 2.63. The number of hydrogen-bond acceptors (Lipinski definition) is 4. The van der Waals surface area contributed by atoms with Gasteiger partial charge in [-0.15, -0.1) is 0 Å². The lowest BCUT2D eigenvalue weighted by atomic mass is 9.70. The number of benzene rings is 1. The Hall–Kier alpha value is -1.07. The number of halogens is 2. The lowest BCUT2D eigenvalue weighted by Gasteiger charge is -2.41. The van der Waals surface area contributed by atoms with E-state index in [1.54, 1.807) is 6.07 Å². The molecule has 3 fully saturated rings. The molecule has 4 unspecified atom stereocenters. The molecule has 32 heavy (non-hydrogen) atoms. The Balaban J connectivity index is 1.51. The minimum atomic E-state index is -0.281. The first-order valence-corrected chi connectivity index (χ1v) is 12.5. The van der Waals surface area contributed by atoms with E-state index in [1.807, 2.05) is 12.1 Å². The Morgan fingerprint density at radius 1 is 1.16 bits per heavy atom. The Morgan fingerprint density at radius 2 is 1.91 bits per heavy atom. The van der Waals surface area contributed by atoms with Gasteiger partial charge in [0.2, 0.25) is 0 Å². The summed E-state index contributed by atoms with van der Waals surface area (Å²) in [5.74, 6) is 0.440. The van der Waals surface area contributed by atoms with E-state index in [0.717, 1.165) is 36.3 Å². The third-order valence-corrected chi connectivity index (χ3v) is 10.4. The van der Waals surface area contributed by atoms with Gasteiger partial charge in [-0.25, -0.2) is 4.79 Å². The van der Waals surface area contributed by atoms with Crippen molar-refractivity contribution in [3.05, 3.63) is 39.4 Å². The maximum absolute atomic E-state index is 13.1. The smallest absolute Gasteiger partial charge is 0.335 e. The third-order valence-electron chi connectivity index (χ3n) is 9.66. The molecule has 2 aliphatic heterocycles. The van der Waals surface area contributed by atoms with Gasteiger partial charge in [0.05, 0.1) is 41.0 Å². The Morgan fingerprint density at radius 3 is 2.50 bits per heavy atom. The van der Waals surface area contributed by atoms with Crippen molar-refractivity contribution in [2.75, 3.05) is 14.2 Å². The molecule has 0 amide bonds. The number of ether oxygens (including phenoxy) is 2. The van der Waals surface area contributed by atoms with Crippen LogP contribution in [0.15, 0.2) is 23.8 Å². The van der Waals surface area contributed by atoms with Gasteiger partial charge in [0.25, 0.3) is 0 Å². The van der Waals surface area contributed by atoms with Crippen molar-refractivity contribution in [1.82, 2.24) is 4.90 Å². The Kier molecular flexibility index (Phi) is 5.48. The highest BCUT2D eigenvalue weighted by Crippen LogP contribution is 2.66. The van der Waals surface area contributed by atoms with Gasteiger partial charge in [0.1, 0.15) is 0 Å². The molecule has 5 rings (SSSR count). The molecule has 1 aromatic rings. The number of hydrogen-bond donors (Lipinski definition) is 0. The first-order valence-electron chi connectivity index (χ1n) is 11.7. The molecule has 0 N–H and O–H groups in total. The van der Waals surface area contributed by atoms with Crippen LogP contribution in [0.5, 0.6) is 0 Å². The number of rotatable bonds is 4. The monoisotopic (exact) mass is 477 g/mol. The minimum absolute atomic E-state index is 0.0173. The van der Waals surface area contributed by atoms with Crippen molar-refractivity contribution in [3.8, 4) is 0 Å². The number of nitrogens with zero attached hydrogens (tertiary/aromatic N) is 1. The number of methoxy groups -OCH3 is 1. The van der Waals surface area contributed by atoms with E-state index in [-0.39, 0.29) is 29.6 Å². The summed E-state index contributed by atoms with van der Waals surface area (Å²) in [6.07, 6.45) is 5.56. The maximum atomic E-state index is 13.1. The summed E-state index contributed by atoms with van der Waals surface area (Å²) in [6, 6.07) is 5.82. The summed E-state index contributed by atoms with van der Waals surface area (Å²) in [7, 11) is 3.57. The van der Waals surface area contributed by atoms with Gasteiger partial charge < -0.3 is 9.47 Å². The average Bonchev–Trinajstić information content (AvgIpc) is 3.17. The van der Waals surface area contributed by atoms with Crippen LogP contribution in [0.25, 0.3) is 5.57 Å². The molecule has 0 spiro atoms. The highest BCUT2D eigenvalue weighted by atomic mass is 35.5. The van der Waals surface area contributed by atoms with Crippen LogP contribution in [0.2, 0.25) is 10.0 Å². The molecule has 2 aliphatic carbocycles. The molecule has 1 aromatic carbocycles. The SMILES string of the molecule is COC(=O)C1=C(c2ccc(Cl)c(Cl)c2)CC2C[C@@H](OC3CC4CC[C@@]3(C)C4(C)C)C1N2C. The molecule has 4 nitrogen and oxygen atoms in total. The number of fused-ring (bicyclic) bond motifs is 4. The first-order chi connectivity index (χ1) is 15.1. The van der Waals surface area contributed by atoms with E-state index in [4.69, 9.17) is 32.7 Å². The van der Waals surface area contributed by atoms with Gasteiger partial charge in [0.15, 0.2) is 0 Å². The third kappa shape index (κ3) is 3.13. The van der Waals surface area contributed by atoms with Gasteiger partial charge in [0, 0.05) is 6.04 Å². The van der Waals surface area contributed by atoms with Crippen LogP contribution in [-0.4, -0.2) is 49.3 Å². The van der Waals surface area contributed by atoms with Gasteiger partial charge in [-0.2, -0.15) is 0 Å². The minimum Gasteiger partial charge on any atom is -0.466 e. The standard InChI is InChI=1S/C26H33Cl2NO3/c1-25(2)15-8-9-26(25,3)21(11-15)32-20-13-16-12-17(14-6-7-18(27)19(28)10-14)22(24(30)31-5)23(20)29(16)4/h6-7,10,15-16,20-21,23H,8-9,11-13H2,1-5H3/t15?,16?,20-,21?,23?,26-/m1/s1. The second kappa shape index (κ2) is 7.73. The van der Waals surface area contributed by atoms with E-state index in [0.29, 0.717) is 27.1 Å². The zero-order valence-corrected chi connectivity index (χ0v) is 21.1. The molecule has 6 atom stereocenters.